The summed E-state index contributed by atoms with van der Waals surface area (Å²) in [5, 5.41) is 4.39. The number of fused-ring (bicyclic) bond motifs is 1. The first-order valence-corrected chi connectivity index (χ1v) is 8.42. The number of rotatable bonds is 5. The molecule has 1 atom stereocenters. The second-order valence-corrected chi connectivity index (χ2v) is 5.74. The van der Waals surface area contributed by atoms with E-state index in [9.17, 15) is 14.4 Å². The van der Waals surface area contributed by atoms with E-state index in [1.165, 1.54) is 19.2 Å². The molecule has 8 heteroatoms. The van der Waals surface area contributed by atoms with Gasteiger partial charge in [-0.2, -0.15) is 0 Å². The zero-order valence-corrected chi connectivity index (χ0v) is 15.0. The normalized spacial score (nSPS) is 13.0. The van der Waals surface area contributed by atoms with Crippen molar-refractivity contribution >= 4 is 24.0 Å². The van der Waals surface area contributed by atoms with E-state index in [-0.39, 0.29) is 6.79 Å². The van der Waals surface area contributed by atoms with Crippen molar-refractivity contribution in [2.24, 2.45) is 0 Å². The van der Waals surface area contributed by atoms with Gasteiger partial charge in [0.15, 0.2) is 11.5 Å². The molecule has 0 saturated heterocycles. The molecule has 0 bridgehead atoms. The molecule has 0 fully saturated rings. The van der Waals surface area contributed by atoms with Crippen LogP contribution in [0.5, 0.6) is 11.5 Å². The number of nitrogens with one attached hydrogen (secondary N) is 2. The maximum atomic E-state index is 12.3. The van der Waals surface area contributed by atoms with E-state index in [0.717, 1.165) is 0 Å². The van der Waals surface area contributed by atoms with Crippen molar-refractivity contribution in [3.8, 4) is 11.5 Å². The molecular formula is C20H18N2O6. The number of hydrogen-bond donors (Lipinski definition) is 2. The molecule has 8 nitrogen and oxygen atoms in total. The SMILES string of the molecule is CNC(=O)NC(=O)C(OC(=O)C=Cc1ccc2c(c1)OCO2)c1ccccc1. The third-order valence-corrected chi connectivity index (χ3v) is 3.85. The summed E-state index contributed by atoms with van der Waals surface area (Å²) in [5.41, 5.74) is 1.14. The highest BCUT2D eigenvalue weighted by molar-refractivity contribution is 5.98. The Kier molecular flexibility index (Phi) is 5.91. The third kappa shape index (κ3) is 4.67. The van der Waals surface area contributed by atoms with Crippen molar-refractivity contribution in [1.29, 1.82) is 0 Å². The van der Waals surface area contributed by atoms with Crippen molar-refractivity contribution in [2.75, 3.05) is 13.8 Å². The van der Waals surface area contributed by atoms with Crippen molar-refractivity contribution in [2.45, 2.75) is 6.10 Å². The van der Waals surface area contributed by atoms with Crippen molar-refractivity contribution in [1.82, 2.24) is 10.6 Å². The lowest BCUT2D eigenvalue weighted by molar-refractivity contribution is -0.151. The van der Waals surface area contributed by atoms with Gasteiger partial charge in [-0.25, -0.2) is 9.59 Å². The zero-order valence-electron chi connectivity index (χ0n) is 15.0. The molecule has 0 saturated carbocycles. The highest BCUT2D eigenvalue weighted by atomic mass is 16.7. The molecule has 28 heavy (non-hydrogen) atoms. The number of esters is 1. The number of amides is 3. The molecule has 3 amide bonds. The minimum absolute atomic E-state index is 0.156. The third-order valence-electron chi connectivity index (χ3n) is 3.85. The van der Waals surface area contributed by atoms with E-state index in [2.05, 4.69) is 10.6 Å². The van der Waals surface area contributed by atoms with Crippen LogP contribution >= 0.6 is 0 Å². The fourth-order valence-corrected chi connectivity index (χ4v) is 2.48. The molecule has 2 aromatic rings. The second-order valence-electron chi connectivity index (χ2n) is 5.74. The number of urea groups is 1. The quantitative estimate of drug-likeness (QED) is 0.607. The molecule has 2 aromatic carbocycles. The Hall–Kier alpha value is -3.81. The second kappa shape index (κ2) is 8.72. The molecule has 3 rings (SSSR count). The van der Waals surface area contributed by atoms with Crippen LogP contribution in [0.2, 0.25) is 0 Å². The van der Waals surface area contributed by atoms with Gasteiger partial charge in [0.1, 0.15) is 0 Å². The molecular weight excluding hydrogens is 364 g/mol. The molecule has 1 unspecified atom stereocenters. The predicted molar refractivity (Wildman–Crippen MR) is 99.5 cm³/mol. The fourth-order valence-electron chi connectivity index (χ4n) is 2.48. The van der Waals surface area contributed by atoms with E-state index in [4.69, 9.17) is 14.2 Å². The standard InChI is InChI=1S/C20H18N2O6/c1-21-20(25)22-19(24)18(14-5-3-2-4-6-14)28-17(23)10-8-13-7-9-15-16(11-13)27-12-26-15/h2-11,18H,12H2,1H3,(H2,21,22,24,25). The van der Waals surface area contributed by atoms with Gasteiger partial charge < -0.3 is 19.5 Å². The first-order chi connectivity index (χ1) is 13.6. The Morgan fingerprint density at radius 1 is 1.07 bits per heavy atom. The lowest BCUT2D eigenvalue weighted by atomic mass is 10.1. The van der Waals surface area contributed by atoms with Crippen LogP contribution in [0.4, 0.5) is 4.79 Å². The van der Waals surface area contributed by atoms with E-state index >= 15 is 0 Å². The highest BCUT2D eigenvalue weighted by Crippen LogP contribution is 2.32. The van der Waals surface area contributed by atoms with Gasteiger partial charge in [0.2, 0.25) is 12.9 Å². The lowest BCUT2D eigenvalue weighted by Gasteiger charge is -2.16. The lowest BCUT2D eigenvalue weighted by Crippen LogP contribution is -2.41. The Balaban J connectivity index is 1.71. The minimum atomic E-state index is -1.27. The van der Waals surface area contributed by atoms with E-state index < -0.39 is 24.0 Å². The number of ether oxygens (including phenoxy) is 3. The zero-order chi connectivity index (χ0) is 19.9. The summed E-state index contributed by atoms with van der Waals surface area (Å²) in [6, 6.07) is 12.9. The van der Waals surface area contributed by atoms with E-state index in [1.807, 2.05) is 0 Å². The molecule has 1 aliphatic heterocycles. The number of benzene rings is 2. The molecule has 0 radical (unpaired) electrons. The topological polar surface area (TPSA) is 103 Å². The first kappa shape index (κ1) is 19.0. The van der Waals surface area contributed by atoms with Crippen molar-refractivity contribution in [3.63, 3.8) is 0 Å². The Morgan fingerprint density at radius 2 is 1.82 bits per heavy atom. The summed E-state index contributed by atoms with van der Waals surface area (Å²) in [4.78, 5) is 36.0. The van der Waals surface area contributed by atoms with Crippen LogP contribution < -0.4 is 20.1 Å². The Labute approximate surface area is 161 Å². The number of carbonyl (C=O) groups excluding carboxylic acids is 3. The molecule has 0 aromatic heterocycles. The van der Waals surface area contributed by atoms with Crippen LogP contribution in [0, 0.1) is 0 Å². The van der Waals surface area contributed by atoms with Gasteiger partial charge in [0.05, 0.1) is 0 Å². The van der Waals surface area contributed by atoms with Crippen LogP contribution in [-0.4, -0.2) is 31.7 Å². The van der Waals surface area contributed by atoms with Gasteiger partial charge in [-0.3, -0.25) is 10.1 Å². The maximum Gasteiger partial charge on any atom is 0.331 e. The first-order valence-electron chi connectivity index (χ1n) is 8.42. The smallest absolute Gasteiger partial charge is 0.331 e. The van der Waals surface area contributed by atoms with Crippen molar-refractivity contribution < 1.29 is 28.6 Å². The molecule has 1 aliphatic rings. The molecule has 144 valence electrons. The number of imide groups is 1. The van der Waals surface area contributed by atoms with Crippen LogP contribution in [0.15, 0.2) is 54.6 Å². The molecule has 2 N–H and O–H groups in total. The Morgan fingerprint density at radius 3 is 2.57 bits per heavy atom. The summed E-state index contributed by atoms with van der Waals surface area (Å²) >= 11 is 0. The van der Waals surface area contributed by atoms with Crippen LogP contribution in [0.3, 0.4) is 0 Å². The summed E-state index contributed by atoms with van der Waals surface area (Å²) < 4.78 is 15.8. The summed E-state index contributed by atoms with van der Waals surface area (Å²) in [6.07, 6.45) is 1.45. The van der Waals surface area contributed by atoms with E-state index in [1.54, 1.807) is 48.5 Å². The monoisotopic (exact) mass is 382 g/mol. The van der Waals surface area contributed by atoms with Crippen LogP contribution in [-0.2, 0) is 14.3 Å². The van der Waals surface area contributed by atoms with Gasteiger partial charge in [-0.15, -0.1) is 0 Å². The predicted octanol–water partition coefficient (Wildman–Crippen LogP) is 2.17. The van der Waals surface area contributed by atoms with E-state index in [0.29, 0.717) is 22.6 Å². The van der Waals surface area contributed by atoms with Crippen LogP contribution in [0.1, 0.15) is 17.2 Å². The average molecular weight is 382 g/mol. The number of hydrogen-bond acceptors (Lipinski definition) is 6. The van der Waals surface area contributed by atoms with Gasteiger partial charge in [0, 0.05) is 18.7 Å². The van der Waals surface area contributed by atoms with Gasteiger partial charge in [-0.1, -0.05) is 36.4 Å². The highest BCUT2D eigenvalue weighted by Gasteiger charge is 2.25. The fraction of sp³-hybridized carbons (Fsp3) is 0.150. The van der Waals surface area contributed by atoms with Gasteiger partial charge in [-0.05, 0) is 23.8 Å². The number of carbonyl (C=O) groups is 3. The average Bonchev–Trinajstić information content (AvgIpc) is 3.18. The molecule has 1 heterocycles. The van der Waals surface area contributed by atoms with Crippen molar-refractivity contribution in [3.05, 3.63) is 65.7 Å². The maximum absolute atomic E-state index is 12.3. The van der Waals surface area contributed by atoms with Crippen LogP contribution in [0.25, 0.3) is 6.08 Å². The van der Waals surface area contributed by atoms with Gasteiger partial charge in [0.25, 0.3) is 5.91 Å². The summed E-state index contributed by atoms with van der Waals surface area (Å²) in [7, 11) is 1.38. The van der Waals surface area contributed by atoms with Gasteiger partial charge >= 0.3 is 12.0 Å². The molecule has 0 aliphatic carbocycles. The summed E-state index contributed by atoms with van der Waals surface area (Å²) in [6.45, 7) is 0.156. The molecule has 0 spiro atoms. The Bertz CT molecular complexity index is 910. The minimum Gasteiger partial charge on any atom is -0.454 e. The largest absolute Gasteiger partial charge is 0.454 e. The summed E-state index contributed by atoms with van der Waals surface area (Å²) in [5.74, 6) is -0.272.